The topological polar surface area (TPSA) is 97.3 Å². The number of amides is 1. The number of aryl methyl sites for hydroxylation is 1. The Labute approximate surface area is 171 Å². The minimum Gasteiger partial charge on any atom is -0.354 e. The number of anilines is 1. The lowest BCUT2D eigenvalue weighted by Gasteiger charge is -2.22. The summed E-state index contributed by atoms with van der Waals surface area (Å²) in [4.78, 5) is 25.2. The molecule has 2 N–H and O–H groups in total. The Kier molecular flexibility index (Phi) is 6.74. The molecule has 29 heavy (non-hydrogen) atoms. The first-order chi connectivity index (χ1) is 13.9. The third kappa shape index (κ3) is 5.47. The number of sulfonamides is 1. The smallest absolute Gasteiger partial charge is 0.275 e. The van der Waals surface area contributed by atoms with Crippen LogP contribution in [0.2, 0.25) is 0 Å². The van der Waals surface area contributed by atoms with E-state index in [9.17, 15) is 18.0 Å². The van der Waals surface area contributed by atoms with Crippen molar-refractivity contribution in [3.8, 4) is 0 Å². The molecule has 1 aromatic carbocycles. The standard InChI is InChI=1S/C21H27N3O4S/c1-16-12-13-19(23-29(27,28)18-10-6-3-7-11-18)21(26)24(16)15-20(25)22-14-17-8-4-2-5-9-17/h3,6-7,10-13,17,23H,2,4-5,8-9,14-15H2,1H3,(H,22,25). The minimum absolute atomic E-state index is 0.0664. The molecule has 1 heterocycles. The number of nitrogens with one attached hydrogen (secondary N) is 2. The van der Waals surface area contributed by atoms with Gasteiger partial charge in [-0.1, -0.05) is 37.5 Å². The van der Waals surface area contributed by atoms with Crippen LogP contribution in [0.25, 0.3) is 0 Å². The average molecular weight is 418 g/mol. The lowest BCUT2D eigenvalue weighted by molar-refractivity contribution is -0.122. The van der Waals surface area contributed by atoms with Gasteiger partial charge in [-0.25, -0.2) is 8.42 Å². The van der Waals surface area contributed by atoms with Crippen molar-refractivity contribution in [1.82, 2.24) is 9.88 Å². The van der Waals surface area contributed by atoms with Crippen LogP contribution < -0.4 is 15.6 Å². The molecule has 1 fully saturated rings. The van der Waals surface area contributed by atoms with Gasteiger partial charge in [-0.15, -0.1) is 0 Å². The predicted molar refractivity (Wildman–Crippen MR) is 112 cm³/mol. The molecule has 0 aliphatic heterocycles. The summed E-state index contributed by atoms with van der Waals surface area (Å²) < 4.78 is 28.6. The zero-order chi connectivity index (χ0) is 20.9. The number of benzene rings is 1. The van der Waals surface area contributed by atoms with Gasteiger partial charge in [0.1, 0.15) is 12.2 Å². The van der Waals surface area contributed by atoms with Crippen molar-refractivity contribution in [3.63, 3.8) is 0 Å². The average Bonchev–Trinajstić information content (AvgIpc) is 2.73. The van der Waals surface area contributed by atoms with Crippen molar-refractivity contribution in [1.29, 1.82) is 0 Å². The maximum absolute atomic E-state index is 12.8. The number of nitrogens with zero attached hydrogens (tertiary/aromatic N) is 1. The Morgan fingerprint density at radius 3 is 2.45 bits per heavy atom. The largest absolute Gasteiger partial charge is 0.354 e. The SMILES string of the molecule is Cc1ccc(NS(=O)(=O)c2ccccc2)c(=O)n1CC(=O)NCC1CCCCC1. The molecule has 0 spiro atoms. The second kappa shape index (κ2) is 9.26. The van der Waals surface area contributed by atoms with E-state index < -0.39 is 15.6 Å². The monoisotopic (exact) mass is 417 g/mol. The molecule has 0 saturated heterocycles. The van der Waals surface area contributed by atoms with E-state index in [0.717, 1.165) is 12.8 Å². The summed E-state index contributed by atoms with van der Waals surface area (Å²) in [6.45, 7) is 2.19. The van der Waals surface area contributed by atoms with Gasteiger partial charge in [-0.05, 0) is 49.9 Å². The van der Waals surface area contributed by atoms with Crippen molar-refractivity contribution in [2.45, 2.75) is 50.5 Å². The molecule has 2 aromatic rings. The first kappa shape index (κ1) is 21.1. The van der Waals surface area contributed by atoms with E-state index in [2.05, 4.69) is 10.0 Å². The van der Waals surface area contributed by atoms with Crippen LogP contribution in [-0.4, -0.2) is 25.4 Å². The van der Waals surface area contributed by atoms with Crippen LogP contribution >= 0.6 is 0 Å². The molecule has 156 valence electrons. The third-order valence-electron chi connectivity index (χ3n) is 5.30. The van der Waals surface area contributed by atoms with Crippen LogP contribution in [0.5, 0.6) is 0 Å². The number of aromatic nitrogens is 1. The molecule has 1 aliphatic carbocycles. The van der Waals surface area contributed by atoms with Gasteiger partial charge in [0.15, 0.2) is 0 Å². The Morgan fingerprint density at radius 1 is 1.07 bits per heavy atom. The summed E-state index contributed by atoms with van der Waals surface area (Å²) in [5.74, 6) is 0.248. The highest BCUT2D eigenvalue weighted by molar-refractivity contribution is 7.92. The van der Waals surface area contributed by atoms with Crippen LogP contribution in [0.4, 0.5) is 5.69 Å². The highest BCUT2D eigenvalue weighted by Gasteiger charge is 2.18. The zero-order valence-electron chi connectivity index (χ0n) is 16.6. The molecule has 1 aliphatic rings. The van der Waals surface area contributed by atoms with E-state index in [1.54, 1.807) is 31.2 Å². The molecular weight excluding hydrogens is 390 g/mol. The fourth-order valence-electron chi connectivity index (χ4n) is 3.60. The van der Waals surface area contributed by atoms with E-state index in [1.807, 2.05) is 0 Å². The number of carbonyl (C=O) groups excluding carboxylic acids is 1. The number of hydrogen-bond donors (Lipinski definition) is 2. The van der Waals surface area contributed by atoms with Crippen LogP contribution in [0.1, 0.15) is 37.8 Å². The molecular formula is C21H27N3O4S. The molecule has 3 rings (SSSR count). The highest BCUT2D eigenvalue weighted by Crippen LogP contribution is 2.22. The van der Waals surface area contributed by atoms with Crippen molar-refractivity contribution in [3.05, 3.63) is 58.5 Å². The fraction of sp³-hybridized carbons (Fsp3) is 0.429. The van der Waals surface area contributed by atoms with E-state index in [1.165, 1.54) is 42.0 Å². The van der Waals surface area contributed by atoms with E-state index in [4.69, 9.17) is 0 Å². The van der Waals surface area contributed by atoms with Gasteiger partial charge in [0.2, 0.25) is 5.91 Å². The maximum Gasteiger partial charge on any atom is 0.275 e. The zero-order valence-corrected chi connectivity index (χ0v) is 17.4. The second-order valence-corrected chi connectivity index (χ2v) is 9.19. The molecule has 0 atom stereocenters. The van der Waals surface area contributed by atoms with Gasteiger partial charge in [-0.2, -0.15) is 0 Å². The van der Waals surface area contributed by atoms with Crippen LogP contribution in [0, 0.1) is 12.8 Å². The maximum atomic E-state index is 12.8. The molecule has 0 unspecified atom stereocenters. The van der Waals surface area contributed by atoms with Crippen molar-refractivity contribution >= 4 is 21.6 Å². The number of rotatable bonds is 7. The van der Waals surface area contributed by atoms with Gasteiger partial charge < -0.3 is 9.88 Å². The summed E-state index contributed by atoms with van der Waals surface area (Å²) in [5, 5.41) is 2.91. The summed E-state index contributed by atoms with van der Waals surface area (Å²) in [6.07, 6.45) is 5.89. The fourth-order valence-corrected chi connectivity index (χ4v) is 4.68. The van der Waals surface area contributed by atoms with E-state index in [-0.39, 0.29) is 23.0 Å². The molecule has 1 saturated carbocycles. The number of hydrogen-bond acceptors (Lipinski definition) is 4. The van der Waals surface area contributed by atoms with Crippen molar-refractivity contribution in [2.75, 3.05) is 11.3 Å². The van der Waals surface area contributed by atoms with Gasteiger partial charge in [0.05, 0.1) is 4.90 Å². The normalized spacial score (nSPS) is 15.1. The Balaban J connectivity index is 1.71. The van der Waals surface area contributed by atoms with Gasteiger partial charge in [0.25, 0.3) is 15.6 Å². The van der Waals surface area contributed by atoms with Crippen LogP contribution in [0.15, 0.2) is 52.2 Å². The molecule has 1 aromatic heterocycles. The summed E-state index contributed by atoms with van der Waals surface area (Å²) in [7, 11) is -3.88. The highest BCUT2D eigenvalue weighted by atomic mass is 32.2. The Bertz CT molecular complexity index is 1010. The van der Waals surface area contributed by atoms with E-state index >= 15 is 0 Å². The molecule has 0 radical (unpaired) electrons. The molecule has 7 nitrogen and oxygen atoms in total. The van der Waals surface area contributed by atoms with Crippen molar-refractivity contribution in [2.24, 2.45) is 5.92 Å². The van der Waals surface area contributed by atoms with E-state index in [0.29, 0.717) is 18.2 Å². The Morgan fingerprint density at radius 2 is 1.76 bits per heavy atom. The van der Waals surface area contributed by atoms with Gasteiger partial charge >= 0.3 is 0 Å². The lowest BCUT2D eigenvalue weighted by atomic mass is 9.89. The molecule has 0 bridgehead atoms. The lowest BCUT2D eigenvalue weighted by Crippen LogP contribution is -2.37. The van der Waals surface area contributed by atoms with Crippen molar-refractivity contribution < 1.29 is 13.2 Å². The summed E-state index contributed by atoms with van der Waals surface area (Å²) >= 11 is 0. The number of pyridine rings is 1. The first-order valence-corrected chi connectivity index (χ1v) is 11.4. The van der Waals surface area contributed by atoms with Gasteiger partial charge in [0, 0.05) is 12.2 Å². The minimum atomic E-state index is -3.88. The third-order valence-corrected chi connectivity index (χ3v) is 6.69. The quantitative estimate of drug-likeness (QED) is 0.724. The molecule has 1 amide bonds. The van der Waals surface area contributed by atoms with Crippen LogP contribution in [-0.2, 0) is 21.4 Å². The number of carbonyl (C=O) groups is 1. The van der Waals surface area contributed by atoms with Gasteiger partial charge in [-0.3, -0.25) is 14.3 Å². The Hall–Kier alpha value is -2.61. The first-order valence-electron chi connectivity index (χ1n) is 9.92. The predicted octanol–water partition coefficient (Wildman–Crippen LogP) is 2.65. The van der Waals surface area contributed by atoms with Crippen LogP contribution in [0.3, 0.4) is 0 Å². The summed E-state index contributed by atoms with van der Waals surface area (Å²) in [5.41, 5.74) is -0.0395. The molecule has 8 heteroatoms. The second-order valence-electron chi connectivity index (χ2n) is 7.51. The summed E-state index contributed by atoms with van der Waals surface area (Å²) in [6, 6.07) is 10.9.